The van der Waals surface area contributed by atoms with Gasteiger partial charge in [0.15, 0.2) is 5.11 Å². The summed E-state index contributed by atoms with van der Waals surface area (Å²) in [5.74, 6) is -0.649. The molecule has 0 unspecified atom stereocenters. The minimum absolute atomic E-state index is 0.0135. The van der Waals surface area contributed by atoms with Gasteiger partial charge < -0.3 is 15.4 Å². The number of methoxy groups -OCH3 is 1. The fraction of sp³-hybridized carbons (Fsp3) is 0.188. The number of anilines is 2. The van der Waals surface area contributed by atoms with Crippen molar-refractivity contribution in [2.45, 2.75) is 4.90 Å². The van der Waals surface area contributed by atoms with Crippen LogP contribution in [0, 0.1) is 5.82 Å². The van der Waals surface area contributed by atoms with E-state index in [-0.39, 0.29) is 10.6 Å². The molecular weight excluding hydrogens is 365 g/mol. The lowest BCUT2D eigenvalue weighted by Gasteiger charge is -2.12. The van der Waals surface area contributed by atoms with Crippen molar-refractivity contribution in [3.8, 4) is 0 Å². The standard InChI is InChI=1S/C16H18FN3O3S2/c1-23-10-9-18-16(24)19-12-5-4-6-13(11-12)25(21,22)20-15-8-3-2-7-14(15)17/h2-8,11,20H,9-10H2,1H3,(H2,18,19,24). The Morgan fingerprint density at radius 1 is 1.20 bits per heavy atom. The molecule has 0 atom stereocenters. The zero-order valence-corrected chi connectivity index (χ0v) is 15.1. The molecule has 0 heterocycles. The number of thiocarbonyl (C=S) groups is 1. The van der Waals surface area contributed by atoms with E-state index in [2.05, 4.69) is 15.4 Å². The average Bonchev–Trinajstić information content (AvgIpc) is 2.57. The van der Waals surface area contributed by atoms with Gasteiger partial charge >= 0.3 is 0 Å². The van der Waals surface area contributed by atoms with Gasteiger partial charge in [0.05, 0.1) is 17.2 Å². The quantitative estimate of drug-likeness (QED) is 0.504. The predicted molar refractivity (Wildman–Crippen MR) is 99.7 cm³/mol. The van der Waals surface area contributed by atoms with Crippen molar-refractivity contribution in [2.75, 3.05) is 30.3 Å². The summed E-state index contributed by atoms with van der Waals surface area (Å²) in [6.07, 6.45) is 0. The number of hydrogen-bond acceptors (Lipinski definition) is 4. The number of halogens is 1. The van der Waals surface area contributed by atoms with Gasteiger partial charge in [-0.25, -0.2) is 12.8 Å². The van der Waals surface area contributed by atoms with Crippen molar-refractivity contribution < 1.29 is 17.5 Å². The van der Waals surface area contributed by atoms with Crippen molar-refractivity contribution in [1.29, 1.82) is 0 Å². The summed E-state index contributed by atoms with van der Waals surface area (Å²) in [6, 6.07) is 11.6. The Kier molecular flexibility index (Phi) is 6.68. The van der Waals surface area contributed by atoms with E-state index in [0.717, 1.165) is 0 Å². The van der Waals surface area contributed by atoms with E-state index in [4.69, 9.17) is 17.0 Å². The first-order valence-electron chi connectivity index (χ1n) is 7.33. The van der Waals surface area contributed by atoms with E-state index in [1.807, 2.05) is 0 Å². The highest BCUT2D eigenvalue weighted by Crippen LogP contribution is 2.21. The second-order valence-electron chi connectivity index (χ2n) is 4.99. The Labute approximate surface area is 151 Å². The molecule has 0 amide bonds. The molecule has 0 spiro atoms. The number of ether oxygens (including phenoxy) is 1. The summed E-state index contributed by atoms with van der Waals surface area (Å²) in [5, 5.41) is 6.15. The molecule has 0 fully saturated rings. The maximum atomic E-state index is 13.7. The highest BCUT2D eigenvalue weighted by Gasteiger charge is 2.16. The number of para-hydroxylation sites is 1. The lowest BCUT2D eigenvalue weighted by atomic mass is 10.3. The van der Waals surface area contributed by atoms with E-state index in [9.17, 15) is 12.8 Å². The van der Waals surface area contributed by atoms with Crippen LogP contribution >= 0.6 is 12.2 Å². The lowest BCUT2D eigenvalue weighted by molar-refractivity contribution is 0.204. The summed E-state index contributed by atoms with van der Waals surface area (Å²) < 4.78 is 45.7. The summed E-state index contributed by atoms with van der Waals surface area (Å²) in [5.41, 5.74) is 0.379. The molecule has 0 saturated carbocycles. The molecule has 0 radical (unpaired) electrons. The van der Waals surface area contributed by atoms with Crippen LogP contribution in [0.15, 0.2) is 53.4 Å². The first-order valence-corrected chi connectivity index (χ1v) is 9.23. The van der Waals surface area contributed by atoms with Crippen molar-refractivity contribution in [3.05, 3.63) is 54.3 Å². The van der Waals surface area contributed by atoms with Gasteiger partial charge in [-0.1, -0.05) is 18.2 Å². The molecule has 2 aromatic rings. The Hall–Kier alpha value is -2.23. The molecule has 25 heavy (non-hydrogen) atoms. The third-order valence-electron chi connectivity index (χ3n) is 3.11. The smallest absolute Gasteiger partial charge is 0.262 e. The summed E-state index contributed by atoms with van der Waals surface area (Å²) in [4.78, 5) is -0.0135. The van der Waals surface area contributed by atoms with Gasteiger partial charge in [-0.15, -0.1) is 0 Å². The van der Waals surface area contributed by atoms with Gasteiger partial charge in [-0.3, -0.25) is 4.72 Å². The zero-order valence-electron chi connectivity index (χ0n) is 13.5. The van der Waals surface area contributed by atoms with E-state index < -0.39 is 15.8 Å². The number of rotatable bonds is 7. The van der Waals surface area contributed by atoms with Gasteiger partial charge in [0.2, 0.25) is 0 Å². The van der Waals surface area contributed by atoms with Crippen molar-refractivity contribution >= 4 is 38.7 Å². The van der Waals surface area contributed by atoms with Gasteiger partial charge in [0.25, 0.3) is 10.0 Å². The van der Waals surface area contributed by atoms with Crippen LogP contribution in [0.3, 0.4) is 0 Å². The van der Waals surface area contributed by atoms with Crippen molar-refractivity contribution in [3.63, 3.8) is 0 Å². The molecule has 2 rings (SSSR count). The van der Waals surface area contributed by atoms with Crippen LogP contribution in [-0.4, -0.2) is 33.8 Å². The van der Waals surface area contributed by atoms with Crippen LogP contribution < -0.4 is 15.4 Å². The highest BCUT2D eigenvalue weighted by atomic mass is 32.2. The fourth-order valence-corrected chi connectivity index (χ4v) is 3.26. The molecule has 9 heteroatoms. The van der Waals surface area contributed by atoms with E-state index in [0.29, 0.717) is 24.0 Å². The Balaban J connectivity index is 2.11. The number of sulfonamides is 1. The molecule has 0 aromatic heterocycles. The minimum Gasteiger partial charge on any atom is -0.383 e. The number of benzene rings is 2. The summed E-state index contributed by atoms with van der Waals surface area (Å²) >= 11 is 5.12. The molecule has 0 aliphatic rings. The second-order valence-corrected chi connectivity index (χ2v) is 7.08. The average molecular weight is 383 g/mol. The van der Waals surface area contributed by atoms with Gasteiger partial charge in [0, 0.05) is 19.3 Å². The molecule has 0 aliphatic carbocycles. The minimum atomic E-state index is -3.93. The van der Waals surface area contributed by atoms with E-state index in [1.165, 1.54) is 30.3 Å². The first-order chi connectivity index (χ1) is 11.9. The largest absolute Gasteiger partial charge is 0.383 e. The normalized spacial score (nSPS) is 11.0. The van der Waals surface area contributed by atoms with Crippen LogP contribution in [0.5, 0.6) is 0 Å². The fourth-order valence-electron chi connectivity index (χ4n) is 1.93. The van der Waals surface area contributed by atoms with Crippen LogP contribution in [0.25, 0.3) is 0 Å². The van der Waals surface area contributed by atoms with Gasteiger partial charge in [-0.2, -0.15) is 0 Å². The molecule has 134 valence electrons. The SMILES string of the molecule is COCCNC(=S)Nc1cccc(S(=O)(=O)Nc2ccccc2F)c1. The van der Waals surface area contributed by atoms with Crippen molar-refractivity contribution in [1.82, 2.24) is 5.32 Å². The van der Waals surface area contributed by atoms with Crippen LogP contribution in [0.2, 0.25) is 0 Å². The molecule has 0 aliphatic heterocycles. The van der Waals surface area contributed by atoms with Crippen LogP contribution in [0.4, 0.5) is 15.8 Å². The molecule has 0 bridgehead atoms. The van der Waals surface area contributed by atoms with Gasteiger partial charge in [0.1, 0.15) is 5.82 Å². The molecule has 0 saturated heterocycles. The molecular formula is C16H18FN3O3S2. The predicted octanol–water partition coefficient (Wildman–Crippen LogP) is 2.56. The number of nitrogens with one attached hydrogen (secondary N) is 3. The maximum absolute atomic E-state index is 13.7. The van der Waals surface area contributed by atoms with Gasteiger partial charge in [-0.05, 0) is 42.5 Å². The van der Waals surface area contributed by atoms with E-state index >= 15 is 0 Å². The lowest BCUT2D eigenvalue weighted by Crippen LogP contribution is -2.31. The van der Waals surface area contributed by atoms with E-state index in [1.54, 1.807) is 25.3 Å². The molecule has 6 nitrogen and oxygen atoms in total. The molecule has 3 N–H and O–H groups in total. The Morgan fingerprint density at radius 3 is 2.68 bits per heavy atom. The second kappa shape index (κ2) is 8.75. The third kappa shape index (κ3) is 5.66. The maximum Gasteiger partial charge on any atom is 0.262 e. The Bertz CT molecular complexity index is 844. The Morgan fingerprint density at radius 2 is 1.96 bits per heavy atom. The highest BCUT2D eigenvalue weighted by molar-refractivity contribution is 7.92. The first kappa shape index (κ1) is 19.1. The monoisotopic (exact) mass is 383 g/mol. The van der Waals surface area contributed by atoms with Crippen LogP contribution in [0.1, 0.15) is 0 Å². The topological polar surface area (TPSA) is 79.5 Å². The van der Waals surface area contributed by atoms with Crippen LogP contribution in [-0.2, 0) is 14.8 Å². The van der Waals surface area contributed by atoms with Crippen molar-refractivity contribution in [2.24, 2.45) is 0 Å². The summed E-state index contributed by atoms with van der Waals surface area (Å²) in [6.45, 7) is 1.01. The molecule has 2 aromatic carbocycles. The summed E-state index contributed by atoms with van der Waals surface area (Å²) in [7, 11) is -2.35. The number of hydrogen-bond donors (Lipinski definition) is 3. The zero-order chi connectivity index (χ0) is 18.3. The third-order valence-corrected chi connectivity index (χ3v) is 4.72.